The Bertz CT molecular complexity index is 361. The Morgan fingerprint density at radius 1 is 1.57 bits per heavy atom. The second kappa shape index (κ2) is 3.22. The first-order valence-electron chi connectivity index (χ1n) is 4.57. The molecule has 1 fully saturated rings. The molecule has 1 aromatic rings. The maximum absolute atomic E-state index is 6.03. The quantitative estimate of drug-likeness (QED) is 0.901. The molecule has 1 aliphatic rings. The molecule has 4 heteroatoms. The molecule has 0 aliphatic heterocycles. The standard InChI is InChI=1S/C10H14BrNOS/c1-10(2)7(8(10)12)6-4-5(11)9(13-3)14-6/h4,7-8H,12H2,1-3H3. The van der Waals surface area contributed by atoms with Crippen LogP contribution in [-0.2, 0) is 0 Å². The summed E-state index contributed by atoms with van der Waals surface area (Å²) >= 11 is 5.16. The highest BCUT2D eigenvalue weighted by atomic mass is 79.9. The van der Waals surface area contributed by atoms with Gasteiger partial charge in [-0.25, -0.2) is 0 Å². The Kier molecular flexibility index (Phi) is 2.40. The maximum Gasteiger partial charge on any atom is 0.188 e. The fourth-order valence-corrected chi connectivity index (χ4v) is 3.89. The van der Waals surface area contributed by atoms with E-state index in [0.29, 0.717) is 5.92 Å². The largest absolute Gasteiger partial charge is 0.486 e. The molecule has 0 spiro atoms. The monoisotopic (exact) mass is 275 g/mol. The van der Waals surface area contributed by atoms with Gasteiger partial charge in [0.05, 0.1) is 11.6 Å². The van der Waals surface area contributed by atoms with Gasteiger partial charge in [0.2, 0.25) is 0 Å². The van der Waals surface area contributed by atoms with E-state index in [2.05, 4.69) is 35.8 Å². The third kappa shape index (κ3) is 1.40. The maximum atomic E-state index is 6.03. The second-order valence-corrected chi connectivity index (χ2v) is 6.21. The molecule has 1 saturated carbocycles. The van der Waals surface area contributed by atoms with Crippen LogP contribution >= 0.6 is 27.3 Å². The Balaban J connectivity index is 2.27. The van der Waals surface area contributed by atoms with Gasteiger partial charge >= 0.3 is 0 Å². The minimum atomic E-state index is 0.245. The van der Waals surface area contributed by atoms with Crippen LogP contribution in [-0.4, -0.2) is 13.2 Å². The predicted molar refractivity (Wildman–Crippen MR) is 63.1 cm³/mol. The van der Waals surface area contributed by atoms with E-state index < -0.39 is 0 Å². The first kappa shape index (κ1) is 10.5. The van der Waals surface area contributed by atoms with E-state index in [1.54, 1.807) is 18.4 Å². The molecule has 0 aromatic carbocycles. The molecule has 0 bridgehead atoms. The van der Waals surface area contributed by atoms with Crippen LogP contribution < -0.4 is 10.5 Å². The lowest BCUT2D eigenvalue weighted by atomic mass is 10.1. The molecule has 14 heavy (non-hydrogen) atoms. The molecule has 0 radical (unpaired) electrons. The summed E-state index contributed by atoms with van der Waals surface area (Å²) in [5, 5.41) is 0.940. The van der Waals surface area contributed by atoms with Gasteiger partial charge in [-0.05, 0) is 27.4 Å². The van der Waals surface area contributed by atoms with Gasteiger partial charge in [-0.3, -0.25) is 0 Å². The van der Waals surface area contributed by atoms with Gasteiger partial charge in [-0.15, -0.1) is 11.3 Å². The predicted octanol–water partition coefficient (Wildman–Crippen LogP) is 2.97. The second-order valence-electron chi connectivity index (χ2n) is 4.31. The first-order valence-corrected chi connectivity index (χ1v) is 6.18. The van der Waals surface area contributed by atoms with E-state index in [-0.39, 0.29) is 11.5 Å². The average Bonchev–Trinajstić information content (AvgIpc) is 2.46. The number of hydrogen-bond donors (Lipinski definition) is 1. The number of nitrogens with two attached hydrogens (primary N) is 1. The molecule has 1 heterocycles. The first-order chi connectivity index (χ1) is 6.48. The third-order valence-electron chi connectivity index (χ3n) is 3.08. The molecule has 2 nitrogen and oxygen atoms in total. The van der Waals surface area contributed by atoms with Gasteiger partial charge in [-0.1, -0.05) is 13.8 Å². The van der Waals surface area contributed by atoms with Gasteiger partial charge in [0.1, 0.15) is 0 Å². The number of methoxy groups -OCH3 is 1. The van der Waals surface area contributed by atoms with Crippen molar-refractivity contribution in [3.63, 3.8) is 0 Å². The molecule has 0 amide bonds. The zero-order valence-corrected chi connectivity index (χ0v) is 10.9. The van der Waals surface area contributed by atoms with Gasteiger partial charge in [0.15, 0.2) is 5.06 Å². The van der Waals surface area contributed by atoms with E-state index in [9.17, 15) is 0 Å². The van der Waals surface area contributed by atoms with Crippen LogP contribution in [0.5, 0.6) is 5.06 Å². The molecule has 1 aromatic heterocycles. The van der Waals surface area contributed by atoms with E-state index in [1.807, 2.05) is 0 Å². The molecule has 2 rings (SSSR count). The van der Waals surface area contributed by atoms with Crippen molar-refractivity contribution in [2.75, 3.05) is 7.11 Å². The van der Waals surface area contributed by atoms with E-state index >= 15 is 0 Å². The van der Waals surface area contributed by atoms with Crippen LogP contribution in [0.2, 0.25) is 0 Å². The summed E-state index contributed by atoms with van der Waals surface area (Å²) in [6, 6.07) is 2.42. The van der Waals surface area contributed by atoms with Crippen molar-refractivity contribution < 1.29 is 4.74 Å². The Labute approximate surface area is 96.6 Å². The van der Waals surface area contributed by atoms with Crippen LogP contribution in [0.4, 0.5) is 0 Å². The van der Waals surface area contributed by atoms with Crippen LogP contribution in [0.3, 0.4) is 0 Å². The van der Waals surface area contributed by atoms with E-state index in [4.69, 9.17) is 10.5 Å². The number of thiophene rings is 1. The minimum Gasteiger partial charge on any atom is -0.486 e. The van der Waals surface area contributed by atoms with Crippen molar-refractivity contribution >= 4 is 27.3 Å². The molecule has 2 N–H and O–H groups in total. The third-order valence-corrected chi connectivity index (χ3v) is 5.11. The number of halogens is 1. The van der Waals surface area contributed by atoms with Crippen LogP contribution in [0.15, 0.2) is 10.5 Å². The Morgan fingerprint density at radius 2 is 2.14 bits per heavy atom. The van der Waals surface area contributed by atoms with Crippen LogP contribution in [0.25, 0.3) is 0 Å². The van der Waals surface area contributed by atoms with Crippen molar-refractivity contribution in [3.8, 4) is 5.06 Å². The van der Waals surface area contributed by atoms with Gasteiger partial charge in [0, 0.05) is 16.8 Å². The topological polar surface area (TPSA) is 35.2 Å². The van der Waals surface area contributed by atoms with Crippen molar-refractivity contribution in [1.29, 1.82) is 0 Å². The summed E-state index contributed by atoms with van der Waals surface area (Å²) in [6.45, 7) is 4.42. The minimum absolute atomic E-state index is 0.245. The summed E-state index contributed by atoms with van der Waals surface area (Å²) in [5.74, 6) is 0.493. The fraction of sp³-hybridized carbons (Fsp3) is 0.600. The van der Waals surface area contributed by atoms with E-state index in [0.717, 1.165) is 9.54 Å². The lowest BCUT2D eigenvalue weighted by molar-refractivity contribution is 0.425. The summed E-state index contributed by atoms with van der Waals surface area (Å²) in [7, 11) is 1.69. The van der Waals surface area contributed by atoms with Crippen LogP contribution in [0, 0.1) is 5.41 Å². The lowest BCUT2D eigenvalue weighted by Crippen LogP contribution is -2.06. The van der Waals surface area contributed by atoms with Crippen molar-refractivity contribution in [3.05, 3.63) is 15.4 Å². The normalized spacial score (nSPS) is 28.9. The molecule has 2 unspecified atom stereocenters. The van der Waals surface area contributed by atoms with Gasteiger partial charge < -0.3 is 10.5 Å². The summed E-state index contributed by atoms with van der Waals surface area (Å²) in [5.41, 5.74) is 6.27. The van der Waals surface area contributed by atoms with E-state index in [1.165, 1.54) is 4.88 Å². The highest BCUT2D eigenvalue weighted by Crippen LogP contribution is 2.60. The molecular weight excluding hydrogens is 262 g/mol. The highest BCUT2D eigenvalue weighted by molar-refractivity contribution is 9.10. The molecule has 1 aliphatic carbocycles. The highest BCUT2D eigenvalue weighted by Gasteiger charge is 2.57. The number of rotatable bonds is 2. The van der Waals surface area contributed by atoms with Crippen molar-refractivity contribution in [2.45, 2.75) is 25.8 Å². The fourth-order valence-electron chi connectivity index (χ4n) is 1.88. The zero-order valence-electron chi connectivity index (χ0n) is 8.50. The number of ether oxygens (including phenoxy) is 1. The van der Waals surface area contributed by atoms with Gasteiger partial charge in [0.25, 0.3) is 0 Å². The molecule has 78 valence electrons. The van der Waals surface area contributed by atoms with Crippen LogP contribution in [0.1, 0.15) is 24.6 Å². The molecule has 0 saturated heterocycles. The van der Waals surface area contributed by atoms with Crippen molar-refractivity contribution in [1.82, 2.24) is 0 Å². The molecular formula is C10H14BrNOS. The number of hydrogen-bond acceptors (Lipinski definition) is 3. The van der Waals surface area contributed by atoms with Gasteiger partial charge in [-0.2, -0.15) is 0 Å². The zero-order chi connectivity index (χ0) is 10.5. The lowest BCUT2D eigenvalue weighted by Gasteiger charge is -1.97. The van der Waals surface area contributed by atoms with Crippen molar-refractivity contribution in [2.24, 2.45) is 11.1 Å². The molecule has 2 atom stereocenters. The summed E-state index contributed by atoms with van der Waals surface area (Å²) in [6.07, 6.45) is 0. The average molecular weight is 276 g/mol. The Morgan fingerprint density at radius 3 is 2.50 bits per heavy atom. The smallest absolute Gasteiger partial charge is 0.188 e. The summed E-state index contributed by atoms with van der Waals surface area (Å²) < 4.78 is 6.27. The Hall–Kier alpha value is -0.0600. The summed E-state index contributed by atoms with van der Waals surface area (Å²) in [4.78, 5) is 1.33. The SMILES string of the molecule is COc1sc(C2C(N)C2(C)C)cc1Br.